The van der Waals surface area contributed by atoms with Crippen LogP contribution in [-0.4, -0.2) is 28.1 Å². The summed E-state index contributed by atoms with van der Waals surface area (Å²) in [5, 5.41) is 17.4. The molecular weight excluding hydrogens is 212 g/mol. The second-order valence-corrected chi connectivity index (χ2v) is 3.49. The van der Waals surface area contributed by atoms with Gasteiger partial charge in [-0.2, -0.15) is 0 Å². The van der Waals surface area contributed by atoms with Crippen LogP contribution in [0.1, 0.15) is 29.6 Å². The summed E-state index contributed by atoms with van der Waals surface area (Å²) in [6.45, 7) is 3.44. The first-order valence-electron chi connectivity index (χ1n) is 4.73. The molecule has 0 aliphatic heterocycles. The van der Waals surface area contributed by atoms with E-state index < -0.39 is 0 Å². The zero-order valence-corrected chi connectivity index (χ0v) is 9.10. The summed E-state index contributed by atoms with van der Waals surface area (Å²) in [6.07, 6.45) is 0.263. The smallest absolute Gasteiger partial charge is 0.273 e. The van der Waals surface area contributed by atoms with Crippen molar-refractivity contribution in [3.63, 3.8) is 0 Å². The summed E-state index contributed by atoms with van der Waals surface area (Å²) >= 11 is 0. The Labute approximate surface area is 92.3 Å². The van der Waals surface area contributed by atoms with Crippen molar-refractivity contribution in [2.24, 2.45) is 10.9 Å². The van der Waals surface area contributed by atoms with E-state index in [1.807, 2.05) is 0 Å². The quantitative estimate of drug-likeness (QED) is 0.294. The van der Waals surface area contributed by atoms with Gasteiger partial charge in [-0.1, -0.05) is 10.3 Å². The lowest BCUT2D eigenvalue weighted by molar-refractivity contribution is 0.0932. The van der Waals surface area contributed by atoms with Gasteiger partial charge < -0.3 is 20.8 Å². The van der Waals surface area contributed by atoms with Gasteiger partial charge in [-0.15, -0.1) is 0 Å². The van der Waals surface area contributed by atoms with Crippen molar-refractivity contribution in [1.82, 2.24) is 10.5 Å². The molecule has 1 amide bonds. The van der Waals surface area contributed by atoms with Crippen LogP contribution in [0.2, 0.25) is 0 Å². The number of nitrogens with two attached hydrogens (primary N) is 1. The predicted molar refractivity (Wildman–Crippen MR) is 56.2 cm³/mol. The summed E-state index contributed by atoms with van der Waals surface area (Å²) in [6, 6.07) is 1.28. The molecule has 4 N–H and O–H groups in total. The largest absolute Gasteiger partial charge is 0.409 e. The number of aromatic nitrogens is 1. The second kappa shape index (κ2) is 5.15. The Kier molecular flexibility index (Phi) is 3.87. The monoisotopic (exact) mass is 226 g/mol. The van der Waals surface area contributed by atoms with Crippen molar-refractivity contribution in [2.45, 2.75) is 26.3 Å². The average molecular weight is 226 g/mol. The van der Waals surface area contributed by atoms with Crippen molar-refractivity contribution in [3.8, 4) is 0 Å². The molecule has 1 heterocycles. The topological polar surface area (TPSA) is 114 Å². The molecule has 0 saturated heterocycles. The Bertz CT molecular complexity index is 399. The second-order valence-electron chi connectivity index (χ2n) is 3.49. The minimum Gasteiger partial charge on any atom is -0.409 e. The fourth-order valence-corrected chi connectivity index (χ4v) is 1.18. The van der Waals surface area contributed by atoms with Crippen LogP contribution in [0.4, 0.5) is 0 Å². The molecule has 88 valence electrons. The molecule has 0 aromatic carbocycles. The van der Waals surface area contributed by atoms with E-state index in [0.717, 1.165) is 0 Å². The summed E-state index contributed by atoms with van der Waals surface area (Å²) in [5.74, 6) is 0.272. The first-order chi connectivity index (χ1) is 7.52. The van der Waals surface area contributed by atoms with Crippen LogP contribution in [-0.2, 0) is 0 Å². The Morgan fingerprint density at radius 1 is 1.81 bits per heavy atom. The summed E-state index contributed by atoms with van der Waals surface area (Å²) in [4.78, 5) is 11.6. The number of carbonyl (C=O) groups is 1. The van der Waals surface area contributed by atoms with Crippen molar-refractivity contribution < 1.29 is 14.5 Å². The van der Waals surface area contributed by atoms with Crippen molar-refractivity contribution in [3.05, 3.63) is 17.5 Å². The van der Waals surface area contributed by atoms with Gasteiger partial charge in [0.25, 0.3) is 5.91 Å². The molecule has 0 aliphatic carbocycles. The molecule has 1 aromatic rings. The van der Waals surface area contributed by atoms with Gasteiger partial charge in [0.05, 0.1) is 0 Å². The van der Waals surface area contributed by atoms with Gasteiger partial charge in [-0.25, -0.2) is 0 Å². The number of aryl methyl sites for hydroxylation is 1. The molecule has 1 unspecified atom stereocenters. The molecule has 1 rings (SSSR count). The maximum absolute atomic E-state index is 11.6. The van der Waals surface area contributed by atoms with Crippen molar-refractivity contribution in [1.29, 1.82) is 0 Å². The molecule has 0 radical (unpaired) electrons. The van der Waals surface area contributed by atoms with E-state index in [-0.39, 0.29) is 29.9 Å². The van der Waals surface area contributed by atoms with Crippen LogP contribution in [0.25, 0.3) is 0 Å². The van der Waals surface area contributed by atoms with Crippen LogP contribution in [0, 0.1) is 6.92 Å². The summed E-state index contributed by atoms with van der Waals surface area (Å²) < 4.78 is 4.77. The number of hydrogen-bond donors (Lipinski definition) is 3. The number of hydrogen-bond acceptors (Lipinski definition) is 5. The van der Waals surface area contributed by atoms with Gasteiger partial charge in [0.15, 0.2) is 5.69 Å². The molecule has 7 heteroatoms. The third kappa shape index (κ3) is 3.26. The Morgan fingerprint density at radius 2 is 2.50 bits per heavy atom. The number of amidine groups is 1. The maximum atomic E-state index is 11.6. The van der Waals surface area contributed by atoms with Crippen molar-refractivity contribution in [2.75, 3.05) is 0 Å². The number of carbonyl (C=O) groups excluding carboxylic acids is 1. The molecule has 0 bridgehead atoms. The van der Waals surface area contributed by atoms with Crippen LogP contribution in [0.15, 0.2) is 15.7 Å². The summed E-state index contributed by atoms with van der Waals surface area (Å²) in [7, 11) is 0. The van der Waals surface area contributed by atoms with Crippen LogP contribution >= 0.6 is 0 Å². The third-order valence-corrected chi connectivity index (χ3v) is 1.88. The van der Waals surface area contributed by atoms with Gasteiger partial charge in [-0.05, 0) is 13.8 Å². The molecule has 0 fully saturated rings. The van der Waals surface area contributed by atoms with Crippen LogP contribution in [0.3, 0.4) is 0 Å². The highest BCUT2D eigenvalue weighted by molar-refractivity contribution is 5.92. The van der Waals surface area contributed by atoms with E-state index in [4.69, 9.17) is 15.5 Å². The molecule has 0 aliphatic rings. The van der Waals surface area contributed by atoms with Gasteiger partial charge in [-0.3, -0.25) is 4.79 Å². The molecule has 7 nitrogen and oxygen atoms in total. The molecular formula is C9H14N4O3. The van der Waals surface area contributed by atoms with E-state index in [1.54, 1.807) is 13.8 Å². The highest BCUT2D eigenvalue weighted by Gasteiger charge is 2.14. The standard InChI is InChI=1S/C9H14N4O3/c1-5(3-8(10)12-15)11-9(14)7-4-6(2)16-13-7/h4-5,15H,3H2,1-2H3,(H2,10,12)(H,11,14). The lowest BCUT2D eigenvalue weighted by Crippen LogP contribution is -2.35. The summed E-state index contributed by atoms with van der Waals surface area (Å²) in [5.41, 5.74) is 5.52. The number of nitrogens with one attached hydrogen (secondary N) is 1. The molecule has 0 saturated carbocycles. The van der Waals surface area contributed by atoms with Crippen molar-refractivity contribution >= 4 is 11.7 Å². The van der Waals surface area contributed by atoms with Gasteiger partial charge in [0.1, 0.15) is 11.6 Å². The number of oxime groups is 1. The van der Waals surface area contributed by atoms with Gasteiger partial charge >= 0.3 is 0 Å². The Hall–Kier alpha value is -2.05. The molecule has 16 heavy (non-hydrogen) atoms. The highest BCUT2D eigenvalue weighted by atomic mass is 16.5. The zero-order valence-electron chi connectivity index (χ0n) is 9.10. The molecule has 1 aromatic heterocycles. The first kappa shape index (κ1) is 12.0. The zero-order chi connectivity index (χ0) is 12.1. The van der Waals surface area contributed by atoms with Gasteiger partial charge in [0, 0.05) is 18.5 Å². The fourth-order valence-electron chi connectivity index (χ4n) is 1.18. The molecule has 0 spiro atoms. The fraction of sp³-hybridized carbons (Fsp3) is 0.444. The van der Waals surface area contributed by atoms with E-state index in [1.165, 1.54) is 6.07 Å². The maximum Gasteiger partial charge on any atom is 0.273 e. The average Bonchev–Trinajstić information content (AvgIpc) is 2.64. The Balaban J connectivity index is 2.52. The minimum atomic E-state index is -0.352. The van der Waals surface area contributed by atoms with E-state index in [0.29, 0.717) is 5.76 Å². The first-order valence-corrected chi connectivity index (χ1v) is 4.73. The number of nitrogens with zero attached hydrogens (tertiary/aromatic N) is 2. The molecule has 1 atom stereocenters. The van der Waals surface area contributed by atoms with Crippen LogP contribution < -0.4 is 11.1 Å². The van der Waals surface area contributed by atoms with E-state index in [9.17, 15) is 4.79 Å². The minimum absolute atomic E-state index is 0.0594. The normalized spacial score (nSPS) is 13.5. The SMILES string of the molecule is Cc1cc(C(=O)NC(C)CC(N)=NO)no1. The third-order valence-electron chi connectivity index (χ3n) is 1.88. The number of amides is 1. The highest BCUT2D eigenvalue weighted by Crippen LogP contribution is 2.02. The predicted octanol–water partition coefficient (Wildman–Crippen LogP) is 0.238. The van der Waals surface area contributed by atoms with E-state index in [2.05, 4.69) is 15.6 Å². The Morgan fingerprint density at radius 3 is 3.00 bits per heavy atom. The van der Waals surface area contributed by atoms with E-state index >= 15 is 0 Å². The van der Waals surface area contributed by atoms with Gasteiger partial charge in [0.2, 0.25) is 0 Å². The lowest BCUT2D eigenvalue weighted by Gasteiger charge is -2.11. The number of rotatable bonds is 4. The van der Waals surface area contributed by atoms with Crippen LogP contribution in [0.5, 0.6) is 0 Å². The lowest BCUT2D eigenvalue weighted by atomic mass is 10.2.